The lowest BCUT2D eigenvalue weighted by molar-refractivity contribution is -0.125. The van der Waals surface area contributed by atoms with Gasteiger partial charge in [0.05, 0.1) is 0 Å². The van der Waals surface area contributed by atoms with Crippen LogP contribution in [-0.4, -0.2) is 19.0 Å². The van der Waals surface area contributed by atoms with Gasteiger partial charge < -0.3 is 5.73 Å². The first kappa shape index (κ1) is 14.0. The molecule has 0 aliphatic heterocycles. The van der Waals surface area contributed by atoms with Crippen molar-refractivity contribution in [2.75, 3.05) is 13.1 Å². The van der Waals surface area contributed by atoms with Crippen LogP contribution in [0.25, 0.3) is 10.4 Å². The summed E-state index contributed by atoms with van der Waals surface area (Å²) in [5, 5.41) is 6.52. The minimum Gasteiger partial charge on any atom is -0.368 e. The second-order valence-electron chi connectivity index (χ2n) is 3.87. The van der Waals surface area contributed by atoms with Gasteiger partial charge in [0, 0.05) is 18.0 Å². The summed E-state index contributed by atoms with van der Waals surface area (Å²) in [6.07, 6.45) is 0.530. The lowest BCUT2D eigenvalue weighted by Gasteiger charge is -2.31. The van der Waals surface area contributed by atoms with Crippen molar-refractivity contribution in [3.63, 3.8) is 0 Å². The van der Waals surface area contributed by atoms with E-state index < -0.39 is 11.4 Å². The van der Waals surface area contributed by atoms with E-state index in [1.165, 1.54) is 0 Å². The monoisotopic (exact) mass is 247 g/mol. The number of amides is 1. The van der Waals surface area contributed by atoms with Crippen molar-refractivity contribution in [3.8, 4) is 0 Å². The summed E-state index contributed by atoms with van der Waals surface area (Å²) >= 11 is 0. The Labute approximate surface area is 106 Å². The highest BCUT2D eigenvalue weighted by molar-refractivity contribution is 5.86. The van der Waals surface area contributed by atoms with Crippen LogP contribution >= 0.6 is 0 Å². The van der Waals surface area contributed by atoms with Crippen molar-refractivity contribution in [1.29, 1.82) is 0 Å². The van der Waals surface area contributed by atoms with E-state index in [4.69, 9.17) is 11.3 Å². The Morgan fingerprint density at radius 1 is 1.50 bits per heavy atom. The van der Waals surface area contributed by atoms with Crippen molar-refractivity contribution in [2.24, 2.45) is 10.8 Å². The molecule has 0 heterocycles. The summed E-state index contributed by atoms with van der Waals surface area (Å²) in [6, 6.07) is 9.31. The molecule has 0 aliphatic rings. The maximum absolute atomic E-state index is 11.8. The zero-order valence-corrected chi connectivity index (χ0v) is 10.3. The molecular formula is C12H17N5O. The van der Waals surface area contributed by atoms with Gasteiger partial charge in [-0.1, -0.05) is 42.4 Å². The van der Waals surface area contributed by atoms with Gasteiger partial charge in [-0.15, -0.1) is 0 Å². The molecule has 0 spiro atoms. The summed E-state index contributed by atoms with van der Waals surface area (Å²) < 4.78 is 0. The number of nitrogens with zero attached hydrogens (tertiary/aromatic N) is 3. The average molecular weight is 247 g/mol. The second-order valence-corrected chi connectivity index (χ2v) is 3.87. The fraction of sp³-hybridized carbons (Fsp3) is 0.417. The van der Waals surface area contributed by atoms with E-state index in [9.17, 15) is 4.79 Å². The molecule has 1 aromatic rings. The lowest BCUT2D eigenvalue weighted by atomic mass is 9.86. The number of rotatable bonds is 7. The van der Waals surface area contributed by atoms with Gasteiger partial charge in [0.1, 0.15) is 5.54 Å². The van der Waals surface area contributed by atoms with Crippen LogP contribution in [0.15, 0.2) is 35.4 Å². The highest BCUT2D eigenvalue weighted by Crippen LogP contribution is 2.24. The van der Waals surface area contributed by atoms with E-state index in [1.54, 1.807) is 0 Å². The predicted octanol–water partition coefficient (Wildman–Crippen LogP) is 1.68. The van der Waals surface area contributed by atoms with E-state index in [0.717, 1.165) is 5.56 Å². The predicted molar refractivity (Wildman–Crippen MR) is 69.6 cm³/mol. The SMILES string of the molecule is CCC(NCCN=[N+]=[N-])(C(N)=O)c1ccccc1. The number of hydrogen-bond acceptors (Lipinski definition) is 3. The molecular weight excluding hydrogens is 230 g/mol. The molecule has 0 radical (unpaired) electrons. The number of azide groups is 1. The molecule has 0 saturated carbocycles. The van der Waals surface area contributed by atoms with Crippen LogP contribution in [0.4, 0.5) is 0 Å². The molecule has 1 atom stereocenters. The molecule has 6 heteroatoms. The molecule has 96 valence electrons. The van der Waals surface area contributed by atoms with Crippen molar-refractivity contribution in [3.05, 3.63) is 46.3 Å². The van der Waals surface area contributed by atoms with Crippen LogP contribution in [0.2, 0.25) is 0 Å². The third kappa shape index (κ3) is 3.00. The highest BCUT2D eigenvalue weighted by Gasteiger charge is 2.35. The number of carbonyl (C=O) groups is 1. The number of nitrogens with one attached hydrogen (secondary N) is 1. The van der Waals surface area contributed by atoms with E-state index in [2.05, 4.69) is 15.3 Å². The molecule has 0 aliphatic carbocycles. The minimum absolute atomic E-state index is 0.276. The molecule has 1 unspecified atom stereocenters. The van der Waals surface area contributed by atoms with Crippen LogP contribution in [0.5, 0.6) is 0 Å². The van der Waals surface area contributed by atoms with Crippen LogP contribution in [0, 0.1) is 0 Å². The minimum atomic E-state index is -0.910. The summed E-state index contributed by atoms with van der Waals surface area (Å²) in [7, 11) is 0. The first-order chi connectivity index (χ1) is 8.67. The molecule has 0 fully saturated rings. The molecule has 1 aromatic carbocycles. The molecule has 0 bridgehead atoms. The third-order valence-electron chi connectivity index (χ3n) is 2.92. The van der Waals surface area contributed by atoms with E-state index in [0.29, 0.717) is 13.0 Å². The standard InChI is InChI=1S/C12H17N5O/c1-2-12(11(13)18,15-8-9-16-17-14)10-6-4-3-5-7-10/h3-7,15H,2,8-9H2,1H3,(H2,13,18). The summed E-state index contributed by atoms with van der Waals surface area (Å²) in [5.74, 6) is -0.433. The Bertz CT molecular complexity index is 441. The summed E-state index contributed by atoms with van der Waals surface area (Å²) in [4.78, 5) is 14.4. The van der Waals surface area contributed by atoms with Gasteiger partial charge in [-0.3, -0.25) is 10.1 Å². The summed E-state index contributed by atoms with van der Waals surface area (Å²) in [5.41, 5.74) is 13.7. The number of primary amides is 1. The van der Waals surface area contributed by atoms with Gasteiger partial charge in [-0.05, 0) is 17.5 Å². The molecule has 0 saturated heterocycles. The second kappa shape index (κ2) is 6.64. The average Bonchev–Trinajstić information content (AvgIpc) is 2.40. The number of carbonyl (C=O) groups excluding carboxylic acids is 1. The first-order valence-electron chi connectivity index (χ1n) is 5.78. The van der Waals surface area contributed by atoms with Crippen LogP contribution in [-0.2, 0) is 10.3 Å². The molecule has 3 N–H and O–H groups in total. The molecule has 1 rings (SSSR count). The van der Waals surface area contributed by atoms with Gasteiger partial charge in [0.25, 0.3) is 0 Å². The highest BCUT2D eigenvalue weighted by atomic mass is 16.1. The number of nitrogens with two attached hydrogens (primary N) is 1. The third-order valence-corrected chi connectivity index (χ3v) is 2.92. The molecule has 1 amide bonds. The zero-order valence-electron chi connectivity index (χ0n) is 10.3. The Morgan fingerprint density at radius 2 is 2.17 bits per heavy atom. The van der Waals surface area contributed by atoms with Crippen molar-refractivity contribution >= 4 is 5.91 Å². The molecule has 18 heavy (non-hydrogen) atoms. The topological polar surface area (TPSA) is 104 Å². The van der Waals surface area contributed by atoms with E-state index >= 15 is 0 Å². The van der Waals surface area contributed by atoms with Crippen molar-refractivity contribution in [2.45, 2.75) is 18.9 Å². The number of hydrogen-bond donors (Lipinski definition) is 2. The largest absolute Gasteiger partial charge is 0.368 e. The smallest absolute Gasteiger partial charge is 0.242 e. The Morgan fingerprint density at radius 3 is 2.67 bits per heavy atom. The molecule has 0 aromatic heterocycles. The lowest BCUT2D eigenvalue weighted by Crippen LogP contribution is -2.53. The van der Waals surface area contributed by atoms with Crippen LogP contribution < -0.4 is 11.1 Å². The molecule has 6 nitrogen and oxygen atoms in total. The first-order valence-corrected chi connectivity index (χ1v) is 5.78. The fourth-order valence-electron chi connectivity index (χ4n) is 1.92. The van der Waals surface area contributed by atoms with Gasteiger partial charge >= 0.3 is 0 Å². The van der Waals surface area contributed by atoms with Crippen molar-refractivity contribution < 1.29 is 4.79 Å². The van der Waals surface area contributed by atoms with E-state index in [1.807, 2.05) is 37.3 Å². The quantitative estimate of drug-likeness (QED) is 0.331. The maximum Gasteiger partial charge on any atom is 0.242 e. The van der Waals surface area contributed by atoms with Gasteiger partial charge in [-0.2, -0.15) is 0 Å². The fourth-order valence-corrected chi connectivity index (χ4v) is 1.92. The zero-order chi connectivity index (χ0) is 13.4. The summed E-state index contributed by atoms with van der Waals surface area (Å²) in [6.45, 7) is 2.56. The van der Waals surface area contributed by atoms with Crippen LogP contribution in [0.1, 0.15) is 18.9 Å². The Hall–Kier alpha value is -2.04. The van der Waals surface area contributed by atoms with Gasteiger partial charge in [-0.25, -0.2) is 0 Å². The van der Waals surface area contributed by atoms with Crippen LogP contribution in [0.3, 0.4) is 0 Å². The van der Waals surface area contributed by atoms with Gasteiger partial charge in [0.2, 0.25) is 5.91 Å². The Kier molecular flexibility index (Phi) is 5.17. The maximum atomic E-state index is 11.8. The normalized spacial score (nSPS) is 13.4. The van der Waals surface area contributed by atoms with Crippen molar-refractivity contribution in [1.82, 2.24) is 5.32 Å². The number of benzene rings is 1. The van der Waals surface area contributed by atoms with E-state index in [-0.39, 0.29) is 6.54 Å². The van der Waals surface area contributed by atoms with Gasteiger partial charge in [0.15, 0.2) is 0 Å². The Balaban J connectivity index is 2.95.